The topological polar surface area (TPSA) is 36.4 Å². The smallest absolute Gasteiger partial charge is 0.191 e. The molecule has 2 rings (SSSR count). The molecule has 1 aromatic carbocycles. The Morgan fingerprint density at radius 2 is 2.05 bits per heavy atom. The molecule has 2 N–H and O–H groups in total. The van der Waals surface area contributed by atoms with Crippen LogP contribution in [-0.4, -0.2) is 38.1 Å². The molecular weight excluding hydrogens is 381 g/mol. The second kappa shape index (κ2) is 9.50. The lowest BCUT2D eigenvalue weighted by Crippen LogP contribution is -2.39. The molecule has 1 fully saturated rings. The van der Waals surface area contributed by atoms with E-state index in [9.17, 15) is 0 Å². The van der Waals surface area contributed by atoms with Crippen molar-refractivity contribution in [1.82, 2.24) is 10.6 Å². The Hall–Kier alpha value is -0.430. The monoisotopic (exact) mass is 405 g/mol. The van der Waals surface area contributed by atoms with Crippen molar-refractivity contribution in [2.45, 2.75) is 12.3 Å². The SMILES string of the molecule is CN=C(NCCSC)NCC1CC1c1ccccc1.I. The lowest BCUT2D eigenvalue weighted by molar-refractivity contribution is 0.725. The summed E-state index contributed by atoms with van der Waals surface area (Å²) in [6.07, 6.45) is 3.41. The Bertz CT molecular complexity index is 411. The van der Waals surface area contributed by atoms with E-state index in [2.05, 4.69) is 52.2 Å². The van der Waals surface area contributed by atoms with Gasteiger partial charge in [0.05, 0.1) is 0 Å². The maximum atomic E-state index is 4.24. The summed E-state index contributed by atoms with van der Waals surface area (Å²) in [7, 11) is 1.83. The van der Waals surface area contributed by atoms with Gasteiger partial charge in [0, 0.05) is 25.9 Å². The van der Waals surface area contributed by atoms with Crippen molar-refractivity contribution >= 4 is 41.7 Å². The molecule has 0 saturated heterocycles. The molecule has 1 aliphatic carbocycles. The van der Waals surface area contributed by atoms with Crippen LogP contribution >= 0.6 is 35.7 Å². The van der Waals surface area contributed by atoms with Crippen LogP contribution in [-0.2, 0) is 0 Å². The van der Waals surface area contributed by atoms with Crippen LogP contribution in [0.2, 0.25) is 0 Å². The minimum absolute atomic E-state index is 0. The third-order valence-corrected chi connectivity index (χ3v) is 4.12. The number of nitrogens with zero attached hydrogens (tertiary/aromatic N) is 1. The van der Waals surface area contributed by atoms with E-state index >= 15 is 0 Å². The molecule has 2 unspecified atom stereocenters. The minimum Gasteiger partial charge on any atom is -0.356 e. The van der Waals surface area contributed by atoms with Crippen molar-refractivity contribution in [3.05, 3.63) is 35.9 Å². The first-order chi connectivity index (χ1) is 9.35. The normalized spacial score (nSPS) is 21.0. The summed E-state index contributed by atoms with van der Waals surface area (Å²) in [6.45, 7) is 1.98. The number of hydrogen-bond acceptors (Lipinski definition) is 2. The number of aliphatic imine (C=N–C) groups is 1. The molecule has 0 heterocycles. The molecule has 1 saturated carbocycles. The fraction of sp³-hybridized carbons (Fsp3) is 0.533. The average molecular weight is 405 g/mol. The molecule has 0 radical (unpaired) electrons. The molecule has 0 bridgehead atoms. The summed E-state index contributed by atoms with van der Waals surface area (Å²) in [5.74, 6) is 3.52. The second-order valence-electron chi connectivity index (χ2n) is 4.89. The van der Waals surface area contributed by atoms with E-state index in [1.165, 1.54) is 12.0 Å². The quantitative estimate of drug-likeness (QED) is 0.331. The highest BCUT2D eigenvalue weighted by Gasteiger charge is 2.37. The molecule has 5 heteroatoms. The van der Waals surface area contributed by atoms with Crippen molar-refractivity contribution in [2.24, 2.45) is 10.9 Å². The van der Waals surface area contributed by atoms with Gasteiger partial charge in [0.25, 0.3) is 0 Å². The number of hydrogen-bond donors (Lipinski definition) is 2. The highest BCUT2D eigenvalue weighted by Crippen LogP contribution is 2.46. The molecule has 2 atom stereocenters. The van der Waals surface area contributed by atoms with Gasteiger partial charge < -0.3 is 10.6 Å². The van der Waals surface area contributed by atoms with Crippen molar-refractivity contribution in [2.75, 3.05) is 32.1 Å². The Labute approximate surface area is 143 Å². The number of halogens is 1. The maximum absolute atomic E-state index is 4.24. The fourth-order valence-electron chi connectivity index (χ4n) is 2.30. The molecular formula is C15H24IN3S. The number of benzene rings is 1. The molecule has 0 amide bonds. The predicted molar refractivity (Wildman–Crippen MR) is 100 cm³/mol. The molecule has 0 spiro atoms. The van der Waals surface area contributed by atoms with Crippen molar-refractivity contribution in [3.8, 4) is 0 Å². The van der Waals surface area contributed by atoms with E-state index in [0.717, 1.165) is 36.6 Å². The highest BCUT2D eigenvalue weighted by atomic mass is 127. The lowest BCUT2D eigenvalue weighted by atomic mass is 10.1. The van der Waals surface area contributed by atoms with Gasteiger partial charge >= 0.3 is 0 Å². The zero-order valence-electron chi connectivity index (χ0n) is 12.1. The Kier molecular flexibility index (Phi) is 8.37. The molecule has 20 heavy (non-hydrogen) atoms. The summed E-state index contributed by atoms with van der Waals surface area (Å²) in [5.41, 5.74) is 1.47. The summed E-state index contributed by atoms with van der Waals surface area (Å²) in [6, 6.07) is 10.8. The van der Waals surface area contributed by atoms with Gasteiger partial charge in [0.1, 0.15) is 0 Å². The molecule has 1 aromatic rings. The largest absolute Gasteiger partial charge is 0.356 e. The van der Waals surface area contributed by atoms with Gasteiger partial charge in [0.15, 0.2) is 5.96 Å². The molecule has 112 valence electrons. The average Bonchev–Trinajstić information content (AvgIpc) is 3.23. The van der Waals surface area contributed by atoms with Crippen LogP contribution in [0.5, 0.6) is 0 Å². The van der Waals surface area contributed by atoms with E-state index in [1.807, 2.05) is 18.8 Å². The molecule has 0 aliphatic heterocycles. The summed E-state index contributed by atoms with van der Waals surface area (Å²) >= 11 is 1.84. The van der Waals surface area contributed by atoms with Gasteiger partial charge in [-0.3, -0.25) is 4.99 Å². The second-order valence-corrected chi connectivity index (χ2v) is 5.87. The first-order valence-corrected chi connectivity index (χ1v) is 8.23. The first-order valence-electron chi connectivity index (χ1n) is 6.83. The van der Waals surface area contributed by atoms with Crippen LogP contribution in [0.15, 0.2) is 35.3 Å². The Balaban J connectivity index is 0.00000200. The number of nitrogens with one attached hydrogen (secondary N) is 2. The van der Waals surface area contributed by atoms with Crippen molar-refractivity contribution in [3.63, 3.8) is 0 Å². The Morgan fingerprint density at radius 3 is 2.70 bits per heavy atom. The van der Waals surface area contributed by atoms with Crippen LogP contribution in [0.4, 0.5) is 0 Å². The zero-order valence-corrected chi connectivity index (χ0v) is 15.3. The third kappa shape index (κ3) is 5.52. The van der Waals surface area contributed by atoms with Crippen LogP contribution in [0, 0.1) is 5.92 Å². The minimum atomic E-state index is 0. The summed E-state index contributed by atoms with van der Waals surface area (Å²) in [5, 5.41) is 6.75. The highest BCUT2D eigenvalue weighted by molar-refractivity contribution is 14.0. The van der Waals surface area contributed by atoms with Gasteiger partial charge in [-0.2, -0.15) is 11.8 Å². The Morgan fingerprint density at radius 1 is 1.30 bits per heavy atom. The van der Waals surface area contributed by atoms with Crippen LogP contribution in [0.25, 0.3) is 0 Å². The van der Waals surface area contributed by atoms with Crippen molar-refractivity contribution in [1.29, 1.82) is 0 Å². The summed E-state index contributed by atoms with van der Waals surface area (Å²) in [4.78, 5) is 4.24. The molecule has 3 nitrogen and oxygen atoms in total. The predicted octanol–water partition coefficient (Wildman–Crippen LogP) is 2.94. The van der Waals surface area contributed by atoms with Gasteiger partial charge in [-0.15, -0.1) is 24.0 Å². The van der Waals surface area contributed by atoms with Crippen LogP contribution < -0.4 is 10.6 Å². The van der Waals surface area contributed by atoms with Gasteiger partial charge in [0.2, 0.25) is 0 Å². The van der Waals surface area contributed by atoms with Crippen LogP contribution in [0.1, 0.15) is 17.9 Å². The van der Waals surface area contributed by atoms with E-state index in [4.69, 9.17) is 0 Å². The summed E-state index contributed by atoms with van der Waals surface area (Å²) < 4.78 is 0. The maximum Gasteiger partial charge on any atom is 0.191 e. The zero-order chi connectivity index (χ0) is 13.5. The van der Waals surface area contributed by atoms with E-state index < -0.39 is 0 Å². The van der Waals surface area contributed by atoms with Gasteiger partial charge in [-0.25, -0.2) is 0 Å². The fourth-order valence-corrected chi connectivity index (χ4v) is 2.61. The third-order valence-electron chi connectivity index (χ3n) is 3.50. The molecule has 1 aliphatic rings. The molecule has 0 aromatic heterocycles. The van der Waals surface area contributed by atoms with E-state index in [-0.39, 0.29) is 24.0 Å². The first kappa shape index (κ1) is 17.6. The van der Waals surface area contributed by atoms with Crippen LogP contribution in [0.3, 0.4) is 0 Å². The number of guanidine groups is 1. The van der Waals surface area contributed by atoms with Gasteiger partial charge in [-0.05, 0) is 30.1 Å². The standard InChI is InChI=1S/C15H23N3S.HI/c1-16-15(17-8-9-19-2)18-11-13-10-14(13)12-6-4-3-5-7-12;/h3-7,13-14H,8-11H2,1-2H3,(H2,16,17,18);1H. The lowest BCUT2D eigenvalue weighted by Gasteiger charge is -2.11. The number of rotatable bonds is 6. The van der Waals surface area contributed by atoms with Gasteiger partial charge in [-0.1, -0.05) is 30.3 Å². The van der Waals surface area contributed by atoms with E-state index in [0.29, 0.717) is 0 Å². The van der Waals surface area contributed by atoms with E-state index in [1.54, 1.807) is 0 Å². The van der Waals surface area contributed by atoms with Crippen molar-refractivity contribution < 1.29 is 0 Å². The number of thioether (sulfide) groups is 1.